The van der Waals surface area contributed by atoms with Crippen LogP contribution in [0.4, 0.5) is 18.9 Å². The monoisotopic (exact) mass is 442 g/mol. The Labute approximate surface area is 179 Å². The van der Waals surface area contributed by atoms with E-state index >= 15 is 0 Å². The summed E-state index contributed by atoms with van der Waals surface area (Å²) in [6.45, 7) is 6.07. The zero-order valence-electron chi connectivity index (χ0n) is 18.0. The number of alkyl halides is 3. The molecule has 0 bridgehead atoms. The van der Waals surface area contributed by atoms with Gasteiger partial charge in [0.15, 0.2) is 0 Å². The molecule has 2 N–H and O–H groups in total. The molecule has 0 aliphatic carbocycles. The Morgan fingerprint density at radius 2 is 1.87 bits per heavy atom. The van der Waals surface area contributed by atoms with Crippen molar-refractivity contribution >= 4 is 17.6 Å². The third kappa shape index (κ3) is 5.31. The second-order valence-electron chi connectivity index (χ2n) is 9.21. The minimum Gasteiger partial charge on any atom is -0.460 e. The van der Waals surface area contributed by atoms with Crippen molar-refractivity contribution in [3.63, 3.8) is 0 Å². The molecule has 3 rings (SSSR count). The largest absolute Gasteiger partial charge is 0.460 e. The molecule has 0 saturated carbocycles. The van der Waals surface area contributed by atoms with Crippen LogP contribution in [0, 0.1) is 11.8 Å². The number of aliphatic hydroxyl groups is 1. The van der Waals surface area contributed by atoms with Crippen molar-refractivity contribution in [3.8, 4) is 0 Å². The maximum absolute atomic E-state index is 13.4. The number of hydrogen-bond donors (Lipinski definition) is 2. The van der Waals surface area contributed by atoms with Crippen LogP contribution >= 0.6 is 0 Å². The average molecular weight is 442 g/mol. The van der Waals surface area contributed by atoms with E-state index in [4.69, 9.17) is 4.74 Å². The van der Waals surface area contributed by atoms with Crippen molar-refractivity contribution in [1.29, 1.82) is 0 Å². The van der Waals surface area contributed by atoms with Crippen LogP contribution in [0.25, 0.3) is 0 Å². The van der Waals surface area contributed by atoms with Gasteiger partial charge < -0.3 is 20.1 Å². The van der Waals surface area contributed by atoms with Crippen LogP contribution in [0.1, 0.15) is 50.7 Å². The van der Waals surface area contributed by atoms with E-state index in [-0.39, 0.29) is 30.9 Å². The molecule has 2 aliphatic rings. The Bertz CT molecular complexity index is 827. The minimum atomic E-state index is -4.50. The van der Waals surface area contributed by atoms with Gasteiger partial charge in [-0.2, -0.15) is 13.2 Å². The normalized spacial score (nSPS) is 23.1. The molecule has 6 nitrogen and oxygen atoms in total. The number of nitrogens with one attached hydrogen (secondary N) is 1. The molecule has 2 aliphatic heterocycles. The molecule has 9 heteroatoms. The van der Waals surface area contributed by atoms with Crippen molar-refractivity contribution in [2.24, 2.45) is 11.8 Å². The zero-order valence-corrected chi connectivity index (χ0v) is 18.0. The molecule has 1 amide bonds. The lowest BCUT2D eigenvalue weighted by Crippen LogP contribution is -2.39. The van der Waals surface area contributed by atoms with E-state index in [1.165, 1.54) is 6.07 Å². The van der Waals surface area contributed by atoms with E-state index < -0.39 is 29.2 Å². The second-order valence-corrected chi connectivity index (χ2v) is 9.21. The van der Waals surface area contributed by atoms with Gasteiger partial charge in [-0.1, -0.05) is 6.07 Å². The lowest BCUT2D eigenvalue weighted by Gasteiger charge is -2.36. The summed E-state index contributed by atoms with van der Waals surface area (Å²) in [5, 5.41) is 12.3. The van der Waals surface area contributed by atoms with Crippen LogP contribution in [0.2, 0.25) is 0 Å². The number of ether oxygens (including phenoxy) is 1. The lowest BCUT2D eigenvalue weighted by molar-refractivity contribution is -0.160. The van der Waals surface area contributed by atoms with Crippen molar-refractivity contribution < 1.29 is 32.6 Å². The van der Waals surface area contributed by atoms with Crippen LogP contribution in [-0.4, -0.2) is 48.8 Å². The molecular formula is C22H29F3N2O4. The standard InChI is InChI=1S/C22H29F3N2O4/c1-21(2,3)31-20(30)13-6-8-27(9-7-13)18-10-14(22(23,24)25)4-5-15(18)16-11-26-19(29)17(16)12-28/h4-5,10,13,16-17,28H,6-9,11-12H2,1-3H3,(H,26,29)/t16?,17-/m1/s1. The summed E-state index contributed by atoms with van der Waals surface area (Å²) in [5.41, 5.74) is -0.360. The Kier molecular flexibility index (Phi) is 6.55. The van der Waals surface area contributed by atoms with Gasteiger partial charge in [0.05, 0.1) is 24.0 Å². The fraction of sp³-hybridized carbons (Fsp3) is 0.636. The molecule has 2 saturated heterocycles. The van der Waals surface area contributed by atoms with Gasteiger partial charge in [-0.25, -0.2) is 0 Å². The van der Waals surface area contributed by atoms with E-state index in [1.54, 1.807) is 20.8 Å². The van der Waals surface area contributed by atoms with Crippen molar-refractivity contribution in [2.45, 2.75) is 51.3 Å². The van der Waals surface area contributed by atoms with E-state index in [0.717, 1.165) is 12.1 Å². The highest BCUT2D eigenvalue weighted by molar-refractivity contribution is 5.83. The molecule has 1 aromatic carbocycles. The molecule has 31 heavy (non-hydrogen) atoms. The fourth-order valence-electron chi connectivity index (χ4n) is 4.25. The number of piperidine rings is 1. The summed E-state index contributed by atoms with van der Waals surface area (Å²) in [5.74, 6) is -2.01. The Balaban J connectivity index is 1.86. The van der Waals surface area contributed by atoms with Crippen LogP contribution in [0.5, 0.6) is 0 Å². The van der Waals surface area contributed by atoms with Gasteiger partial charge in [0, 0.05) is 31.2 Å². The van der Waals surface area contributed by atoms with Crippen LogP contribution in [-0.2, 0) is 20.5 Å². The third-order valence-corrected chi connectivity index (χ3v) is 5.85. The highest BCUT2D eigenvalue weighted by Gasteiger charge is 2.39. The van der Waals surface area contributed by atoms with E-state index in [0.29, 0.717) is 37.2 Å². The number of benzene rings is 1. The maximum Gasteiger partial charge on any atom is 0.416 e. The molecule has 0 spiro atoms. The number of carbonyl (C=O) groups excluding carboxylic acids is 2. The van der Waals surface area contributed by atoms with Gasteiger partial charge in [-0.3, -0.25) is 9.59 Å². The number of nitrogens with zero attached hydrogens (tertiary/aromatic N) is 1. The number of amides is 1. The first-order valence-corrected chi connectivity index (χ1v) is 10.5. The maximum atomic E-state index is 13.4. The van der Waals surface area contributed by atoms with Gasteiger partial charge in [0.2, 0.25) is 5.91 Å². The van der Waals surface area contributed by atoms with E-state index in [1.807, 2.05) is 4.90 Å². The number of esters is 1. The number of halogens is 3. The number of carbonyl (C=O) groups is 2. The first kappa shape index (κ1) is 23.4. The van der Waals surface area contributed by atoms with Crippen LogP contribution < -0.4 is 10.2 Å². The molecule has 1 aromatic rings. The molecule has 2 fully saturated rings. The Hall–Kier alpha value is -2.29. The summed E-state index contributed by atoms with van der Waals surface area (Å²) >= 11 is 0. The molecular weight excluding hydrogens is 413 g/mol. The highest BCUT2D eigenvalue weighted by Crippen LogP contribution is 2.40. The van der Waals surface area contributed by atoms with Crippen molar-refractivity contribution in [2.75, 3.05) is 31.1 Å². The fourth-order valence-corrected chi connectivity index (χ4v) is 4.25. The number of aliphatic hydroxyl groups excluding tert-OH is 1. The van der Waals surface area contributed by atoms with E-state index in [9.17, 15) is 27.9 Å². The molecule has 2 heterocycles. The number of hydrogen-bond acceptors (Lipinski definition) is 5. The lowest BCUT2D eigenvalue weighted by atomic mass is 9.86. The topological polar surface area (TPSA) is 78.9 Å². The molecule has 2 atom stereocenters. The summed E-state index contributed by atoms with van der Waals surface area (Å²) in [4.78, 5) is 26.2. The number of rotatable bonds is 4. The summed E-state index contributed by atoms with van der Waals surface area (Å²) < 4.78 is 45.6. The van der Waals surface area contributed by atoms with Gasteiger partial charge in [-0.05, 0) is 51.3 Å². The average Bonchev–Trinajstić information content (AvgIpc) is 3.06. The van der Waals surface area contributed by atoms with E-state index in [2.05, 4.69) is 5.32 Å². The quantitative estimate of drug-likeness (QED) is 0.701. The predicted octanol–water partition coefficient (Wildman–Crippen LogP) is 3.09. The zero-order chi connectivity index (χ0) is 23.0. The SMILES string of the molecule is CC(C)(C)OC(=O)C1CCN(c2cc(C(F)(F)F)ccc2C2CNC(=O)[C@@H]2CO)CC1. The third-order valence-electron chi connectivity index (χ3n) is 5.85. The molecule has 172 valence electrons. The molecule has 0 radical (unpaired) electrons. The number of anilines is 1. The van der Waals surface area contributed by atoms with Crippen molar-refractivity contribution in [1.82, 2.24) is 5.32 Å². The van der Waals surface area contributed by atoms with Gasteiger partial charge >= 0.3 is 12.1 Å². The van der Waals surface area contributed by atoms with Crippen LogP contribution in [0.15, 0.2) is 18.2 Å². The van der Waals surface area contributed by atoms with Gasteiger partial charge in [0.25, 0.3) is 0 Å². The minimum absolute atomic E-state index is 0.261. The summed E-state index contributed by atoms with van der Waals surface area (Å²) in [6, 6.07) is 3.54. The van der Waals surface area contributed by atoms with Gasteiger partial charge in [-0.15, -0.1) is 0 Å². The van der Waals surface area contributed by atoms with Gasteiger partial charge in [0.1, 0.15) is 5.60 Å². The summed E-state index contributed by atoms with van der Waals surface area (Å²) in [7, 11) is 0. The first-order chi connectivity index (χ1) is 14.4. The smallest absolute Gasteiger partial charge is 0.416 e. The van der Waals surface area contributed by atoms with Crippen molar-refractivity contribution in [3.05, 3.63) is 29.3 Å². The first-order valence-electron chi connectivity index (χ1n) is 10.5. The second kappa shape index (κ2) is 8.68. The van der Waals surface area contributed by atoms with Crippen LogP contribution in [0.3, 0.4) is 0 Å². The highest BCUT2D eigenvalue weighted by atomic mass is 19.4. The molecule has 0 aromatic heterocycles. The Morgan fingerprint density at radius 1 is 1.23 bits per heavy atom. The predicted molar refractivity (Wildman–Crippen MR) is 109 cm³/mol. The summed E-state index contributed by atoms with van der Waals surface area (Å²) in [6.07, 6.45) is -3.56. The molecule has 1 unspecified atom stereocenters. The Morgan fingerprint density at radius 3 is 2.42 bits per heavy atom.